The van der Waals surface area contributed by atoms with Gasteiger partial charge in [-0.15, -0.1) is 0 Å². The smallest absolute Gasteiger partial charge is 0.104 e. The fourth-order valence-electron chi connectivity index (χ4n) is 1.18. The highest BCUT2D eigenvalue weighted by atomic mass is 35.5. The zero-order chi connectivity index (χ0) is 9.19. The Labute approximate surface area is 91.3 Å². The first-order valence-electron chi connectivity index (χ1n) is 4.02. The topological polar surface area (TPSA) is 0 Å². The molecule has 0 heterocycles. The summed E-state index contributed by atoms with van der Waals surface area (Å²) in [6.07, 6.45) is 0. The van der Waals surface area contributed by atoms with Gasteiger partial charge in [-0.3, -0.25) is 0 Å². The molecule has 0 N–H and O–H groups in total. The van der Waals surface area contributed by atoms with Gasteiger partial charge < -0.3 is 16.9 Å². The van der Waals surface area contributed by atoms with Gasteiger partial charge >= 0.3 is 0 Å². The number of benzene rings is 1. The van der Waals surface area contributed by atoms with Crippen LogP contribution in [-0.2, 0) is 6.54 Å². The summed E-state index contributed by atoms with van der Waals surface area (Å²) in [6.45, 7) is 1.01. The molecule has 0 saturated heterocycles. The largest absolute Gasteiger partial charge is 1.00 e. The molecular formula is C10H15Cl2N. The SMILES string of the molecule is C[N+](C)(C)Cc1cccc(Cl)c1.[Cl-]. The summed E-state index contributed by atoms with van der Waals surface area (Å²) in [5.41, 5.74) is 1.29. The third-order valence-corrected chi connectivity index (χ3v) is 1.78. The van der Waals surface area contributed by atoms with Crippen LogP contribution in [0.25, 0.3) is 0 Å². The first-order chi connectivity index (χ1) is 5.47. The molecule has 0 unspecified atom stereocenters. The van der Waals surface area contributed by atoms with Crippen molar-refractivity contribution >= 4 is 11.6 Å². The van der Waals surface area contributed by atoms with E-state index in [1.807, 2.05) is 18.2 Å². The van der Waals surface area contributed by atoms with Crippen molar-refractivity contribution in [3.05, 3.63) is 34.9 Å². The van der Waals surface area contributed by atoms with E-state index >= 15 is 0 Å². The third kappa shape index (κ3) is 5.14. The van der Waals surface area contributed by atoms with E-state index in [-0.39, 0.29) is 12.4 Å². The highest BCUT2D eigenvalue weighted by molar-refractivity contribution is 6.30. The van der Waals surface area contributed by atoms with E-state index in [2.05, 4.69) is 27.2 Å². The molecule has 0 fully saturated rings. The quantitative estimate of drug-likeness (QED) is 0.592. The average Bonchev–Trinajstić information content (AvgIpc) is 1.82. The fourth-order valence-corrected chi connectivity index (χ4v) is 1.40. The molecule has 0 aliphatic heterocycles. The van der Waals surface area contributed by atoms with Gasteiger partial charge in [-0.2, -0.15) is 0 Å². The number of halogens is 2. The molecule has 0 aromatic heterocycles. The first kappa shape index (κ1) is 12.8. The number of quaternary nitrogens is 1. The molecule has 74 valence electrons. The molecular weight excluding hydrogens is 205 g/mol. The lowest BCUT2D eigenvalue weighted by Gasteiger charge is -2.23. The van der Waals surface area contributed by atoms with Gasteiger partial charge in [-0.1, -0.05) is 23.7 Å². The van der Waals surface area contributed by atoms with Crippen LogP contribution in [0.4, 0.5) is 0 Å². The second kappa shape index (κ2) is 4.85. The van der Waals surface area contributed by atoms with Crippen LogP contribution in [0.5, 0.6) is 0 Å². The van der Waals surface area contributed by atoms with E-state index in [4.69, 9.17) is 11.6 Å². The molecule has 0 saturated carbocycles. The Bertz CT molecular complexity index is 266. The fraction of sp³-hybridized carbons (Fsp3) is 0.400. The van der Waals surface area contributed by atoms with Crippen LogP contribution in [0, 0.1) is 0 Å². The lowest BCUT2D eigenvalue weighted by Crippen LogP contribution is -3.00. The van der Waals surface area contributed by atoms with Crippen molar-refractivity contribution in [2.24, 2.45) is 0 Å². The molecule has 0 aliphatic carbocycles. The summed E-state index contributed by atoms with van der Waals surface area (Å²) < 4.78 is 0.931. The lowest BCUT2D eigenvalue weighted by molar-refractivity contribution is -0.884. The highest BCUT2D eigenvalue weighted by Crippen LogP contribution is 2.13. The predicted octanol–water partition coefficient (Wildman–Crippen LogP) is -0.450. The Hall–Kier alpha value is -0.240. The van der Waals surface area contributed by atoms with E-state index in [0.29, 0.717) is 0 Å². The monoisotopic (exact) mass is 219 g/mol. The summed E-state index contributed by atoms with van der Waals surface area (Å²) in [7, 11) is 6.50. The minimum absolute atomic E-state index is 0. The van der Waals surface area contributed by atoms with E-state index in [9.17, 15) is 0 Å². The summed E-state index contributed by atoms with van der Waals surface area (Å²) in [4.78, 5) is 0. The molecule has 0 aliphatic rings. The van der Waals surface area contributed by atoms with Crippen molar-refractivity contribution < 1.29 is 16.9 Å². The van der Waals surface area contributed by atoms with Crippen LogP contribution in [-0.4, -0.2) is 25.6 Å². The summed E-state index contributed by atoms with van der Waals surface area (Å²) in [5, 5.41) is 0.820. The molecule has 0 radical (unpaired) electrons. The zero-order valence-electron chi connectivity index (χ0n) is 8.22. The number of rotatable bonds is 2. The summed E-state index contributed by atoms with van der Waals surface area (Å²) >= 11 is 5.87. The number of hydrogen-bond acceptors (Lipinski definition) is 0. The third-order valence-electron chi connectivity index (χ3n) is 1.55. The maximum absolute atomic E-state index is 5.87. The van der Waals surface area contributed by atoms with Crippen molar-refractivity contribution in [3.8, 4) is 0 Å². The summed E-state index contributed by atoms with van der Waals surface area (Å²) in [5.74, 6) is 0. The van der Waals surface area contributed by atoms with E-state index in [0.717, 1.165) is 16.1 Å². The number of hydrogen-bond donors (Lipinski definition) is 0. The van der Waals surface area contributed by atoms with Crippen molar-refractivity contribution in [1.82, 2.24) is 0 Å². The van der Waals surface area contributed by atoms with Crippen molar-refractivity contribution in [2.75, 3.05) is 21.1 Å². The minimum atomic E-state index is 0. The van der Waals surface area contributed by atoms with Gasteiger partial charge in [0.15, 0.2) is 0 Å². The van der Waals surface area contributed by atoms with Gasteiger partial charge in [-0.25, -0.2) is 0 Å². The van der Waals surface area contributed by atoms with Crippen LogP contribution >= 0.6 is 11.6 Å². The van der Waals surface area contributed by atoms with Crippen LogP contribution in [0.2, 0.25) is 5.02 Å². The van der Waals surface area contributed by atoms with Gasteiger partial charge in [-0.05, 0) is 12.1 Å². The zero-order valence-corrected chi connectivity index (χ0v) is 9.73. The van der Waals surface area contributed by atoms with Gasteiger partial charge in [0.05, 0.1) is 21.1 Å². The second-order valence-electron chi connectivity index (χ2n) is 4.08. The van der Waals surface area contributed by atoms with Gasteiger partial charge in [0, 0.05) is 10.6 Å². The lowest BCUT2D eigenvalue weighted by atomic mass is 10.2. The molecule has 0 bridgehead atoms. The Kier molecular flexibility index (Phi) is 4.76. The van der Waals surface area contributed by atoms with E-state index in [1.54, 1.807) is 0 Å². The highest BCUT2D eigenvalue weighted by Gasteiger charge is 2.07. The van der Waals surface area contributed by atoms with Crippen LogP contribution in [0.1, 0.15) is 5.56 Å². The number of nitrogens with zero attached hydrogens (tertiary/aromatic N) is 1. The molecule has 1 aromatic rings. The molecule has 1 rings (SSSR count). The van der Waals surface area contributed by atoms with E-state index in [1.165, 1.54) is 5.56 Å². The first-order valence-corrected chi connectivity index (χ1v) is 4.40. The molecule has 0 spiro atoms. The summed E-state index contributed by atoms with van der Waals surface area (Å²) in [6, 6.07) is 8.02. The molecule has 1 nitrogen and oxygen atoms in total. The Morgan fingerprint density at radius 2 is 1.85 bits per heavy atom. The normalized spacial score (nSPS) is 10.8. The predicted molar refractivity (Wildman–Crippen MR) is 53.2 cm³/mol. The standard InChI is InChI=1S/C10H15ClN.ClH/c1-12(2,3)8-9-5-4-6-10(11)7-9;/h4-7H,8H2,1-3H3;1H/q+1;/p-1. The van der Waals surface area contributed by atoms with Crippen LogP contribution < -0.4 is 12.4 Å². The van der Waals surface area contributed by atoms with Gasteiger partial charge in [0.2, 0.25) is 0 Å². The Morgan fingerprint density at radius 1 is 1.23 bits per heavy atom. The molecule has 3 heteroatoms. The second-order valence-corrected chi connectivity index (χ2v) is 4.51. The van der Waals surface area contributed by atoms with E-state index < -0.39 is 0 Å². The molecule has 13 heavy (non-hydrogen) atoms. The van der Waals surface area contributed by atoms with Crippen LogP contribution in [0.15, 0.2) is 24.3 Å². The molecule has 0 atom stereocenters. The molecule has 1 aromatic carbocycles. The molecule has 0 amide bonds. The average molecular weight is 220 g/mol. The Balaban J connectivity index is 0.00000144. The van der Waals surface area contributed by atoms with Crippen LogP contribution in [0.3, 0.4) is 0 Å². The van der Waals surface area contributed by atoms with Gasteiger partial charge in [0.25, 0.3) is 0 Å². The van der Waals surface area contributed by atoms with Crippen molar-refractivity contribution in [2.45, 2.75) is 6.54 Å². The minimum Gasteiger partial charge on any atom is -1.00 e. The van der Waals surface area contributed by atoms with Crippen molar-refractivity contribution in [3.63, 3.8) is 0 Å². The maximum Gasteiger partial charge on any atom is 0.104 e. The van der Waals surface area contributed by atoms with Gasteiger partial charge in [0.1, 0.15) is 6.54 Å². The maximum atomic E-state index is 5.87. The van der Waals surface area contributed by atoms with Crippen molar-refractivity contribution in [1.29, 1.82) is 0 Å². The Morgan fingerprint density at radius 3 is 2.31 bits per heavy atom.